The molecule has 1 atom stereocenters. The van der Waals surface area contributed by atoms with Crippen LogP contribution in [-0.4, -0.2) is 30.9 Å². The van der Waals surface area contributed by atoms with E-state index in [-0.39, 0.29) is 23.2 Å². The molecule has 1 rings (SSSR count). The average molecular weight is 225 g/mol. The molecule has 0 aliphatic carbocycles. The van der Waals surface area contributed by atoms with Gasteiger partial charge in [0.2, 0.25) is 0 Å². The number of aliphatic imine (C=N–C) groups is 1. The fraction of sp³-hybridized carbons (Fsp3) is 0.833. The van der Waals surface area contributed by atoms with Crippen LogP contribution < -0.4 is 10.6 Å². The Kier molecular flexibility index (Phi) is 3.94. The van der Waals surface area contributed by atoms with Crippen LogP contribution in [0.25, 0.3) is 0 Å². The van der Waals surface area contributed by atoms with Crippen molar-refractivity contribution in [3.63, 3.8) is 0 Å². The molecule has 0 amide bonds. The lowest BCUT2D eigenvalue weighted by Gasteiger charge is -2.28. The number of Topliss-reactive ketones (excluding diaryl/α,β-unsaturated/α-hetero) is 1. The summed E-state index contributed by atoms with van der Waals surface area (Å²) in [6, 6.07) is -0.163. The molecule has 1 heterocycles. The Morgan fingerprint density at radius 3 is 2.44 bits per heavy atom. The Morgan fingerprint density at radius 1 is 1.44 bits per heavy atom. The average Bonchev–Trinajstić information content (AvgIpc) is 2.63. The fourth-order valence-electron chi connectivity index (χ4n) is 1.64. The second-order valence-corrected chi connectivity index (χ2v) is 5.64. The summed E-state index contributed by atoms with van der Waals surface area (Å²) in [5.74, 6) is 1.26. The van der Waals surface area contributed by atoms with Gasteiger partial charge in [0, 0.05) is 12.0 Å². The van der Waals surface area contributed by atoms with Gasteiger partial charge >= 0.3 is 0 Å². The Bertz CT molecular complexity index is 289. The summed E-state index contributed by atoms with van der Waals surface area (Å²) in [4.78, 5) is 16.5. The van der Waals surface area contributed by atoms with Crippen LogP contribution in [0, 0.1) is 11.3 Å². The van der Waals surface area contributed by atoms with Crippen molar-refractivity contribution in [1.29, 1.82) is 0 Å². The van der Waals surface area contributed by atoms with Gasteiger partial charge in [0.05, 0.1) is 12.6 Å². The Balaban J connectivity index is 2.71. The van der Waals surface area contributed by atoms with E-state index < -0.39 is 0 Å². The van der Waals surface area contributed by atoms with E-state index in [4.69, 9.17) is 0 Å². The molecule has 0 spiro atoms. The number of guanidine groups is 1. The van der Waals surface area contributed by atoms with Crippen LogP contribution in [0.2, 0.25) is 0 Å². The third-order valence-electron chi connectivity index (χ3n) is 2.65. The lowest BCUT2D eigenvalue weighted by Crippen LogP contribution is -2.51. The molecule has 0 unspecified atom stereocenters. The zero-order valence-corrected chi connectivity index (χ0v) is 10.9. The summed E-state index contributed by atoms with van der Waals surface area (Å²) < 4.78 is 0. The number of nitrogens with one attached hydrogen (secondary N) is 2. The number of hydrogen-bond donors (Lipinski definition) is 2. The quantitative estimate of drug-likeness (QED) is 0.758. The van der Waals surface area contributed by atoms with E-state index in [1.54, 1.807) is 0 Å². The summed E-state index contributed by atoms with van der Waals surface area (Å²) in [5, 5.41) is 6.35. The molecule has 2 N–H and O–H groups in total. The number of carbonyl (C=O) groups excluding carboxylic acids is 1. The predicted molar refractivity (Wildman–Crippen MR) is 66.5 cm³/mol. The van der Waals surface area contributed by atoms with Gasteiger partial charge in [-0.1, -0.05) is 34.6 Å². The van der Waals surface area contributed by atoms with Crippen molar-refractivity contribution in [2.75, 3.05) is 13.1 Å². The van der Waals surface area contributed by atoms with Crippen molar-refractivity contribution < 1.29 is 4.79 Å². The molecule has 0 bridgehead atoms. The summed E-state index contributed by atoms with van der Waals surface area (Å²) in [6.07, 6.45) is 0. The van der Waals surface area contributed by atoms with Crippen LogP contribution in [-0.2, 0) is 4.79 Å². The van der Waals surface area contributed by atoms with Gasteiger partial charge in [0.25, 0.3) is 0 Å². The molecule has 4 nitrogen and oxygen atoms in total. The van der Waals surface area contributed by atoms with Crippen molar-refractivity contribution in [2.24, 2.45) is 16.3 Å². The first-order valence-corrected chi connectivity index (χ1v) is 5.91. The molecule has 16 heavy (non-hydrogen) atoms. The first-order valence-electron chi connectivity index (χ1n) is 5.91. The third kappa shape index (κ3) is 3.22. The molecule has 1 aliphatic heterocycles. The maximum absolute atomic E-state index is 12.2. The molecule has 0 radical (unpaired) electrons. The minimum Gasteiger partial charge on any atom is -0.355 e. The van der Waals surface area contributed by atoms with Gasteiger partial charge in [-0.05, 0) is 5.92 Å². The number of carbonyl (C=O) groups is 1. The SMILES string of the molecule is CC(C)[C@@H](NC1=NCCN1)C(=O)C(C)(C)C. The number of rotatable bonds is 3. The Hall–Kier alpha value is -1.06. The summed E-state index contributed by atoms with van der Waals surface area (Å²) in [5.41, 5.74) is -0.318. The van der Waals surface area contributed by atoms with Crippen molar-refractivity contribution in [2.45, 2.75) is 40.7 Å². The van der Waals surface area contributed by atoms with Gasteiger partial charge in [-0.3, -0.25) is 9.79 Å². The number of ketones is 1. The van der Waals surface area contributed by atoms with E-state index in [0.29, 0.717) is 0 Å². The second-order valence-electron chi connectivity index (χ2n) is 5.64. The highest BCUT2D eigenvalue weighted by Gasteiger charge is 2.32. The van der Waals surface area contributed by atoms with E-state index in [9.17, 15) is 4.79 Å². The third-order valence-corrected chi connectivity index (χ3v) is 2.65. The minimum atomic E-state index is -0.318. The lowest BCUT2D eigenvalue weighted by molar-refractivity contribution is -0.129. The maximum Gasteiger partial charge on any atom is 0.191 e. The lowest BCUT2D eigenvalue weighted by atomic mass is 9.82. The van der Waals surface area contributed by atoms with Gasteiger partial charge in [0.1, 0.15) is 0 Å². The van der Waals surface area contributed by atoms with Crippen LogP contribution in [0.3, 0.4) is 0 Å². The smallest absolute Gasteiger partial charge is 0.191 e. The van der Waals surface area contributed by atoms with Gasteiger partial charge in [-0.2, -0.15) is 0 Å². The molecule has 4 heteroatoms. The second kappa shape index (κ2) is 4.85. The van der Waals surface area contributed by atoms with E-state index in [1.165, 1.54) is 0 Å². The predicted octanol–water partition coefficient (Wildman–Crippen LogP) is 1.17. The van der Waals surface area contributed by atoms with Crippen molar-refractivity contribution in [3.8, 4) is 0 Å². The van der Waals surface area contributed by atoms with E-state index in [0.717, 1.165) is 19.0 Å². The van der Waals surface area contributed by atoms with E-state index in [1.807, 2.05) is 20.8 Å². The van der Waals surface area contributed by atoms with E-state index >= 15 is 0 Å². The molecule has 0 aromatic heterocycles. The van der Waals surface area contributed by atoms with Crippen LogP contribution >= 0.6 is 0 Å². The zero-order valence-electron chi connectivity index (χ0n) is 10.9. The first-order chi connectivity index (χ1) is 7.32. The van der Waals surface area contributed by atoms with Crippen LogP contribution in [0.15, 0.2) is 4.99 Å². The van der Waals surface area contributed by atoms with Crippen molar-refractivity contribution in [3.05, 3.63) is 0 Å². The maximum atomic E-state index is 12.2. The topological polar surface area (TPSA) is 53.5 Å². The largest absolute Gasteiger partial charge is 0.355 e. The van der Waals surface area contributed by atoms with Crippen LogP contribution in [0.5, 0.6) is 0 Å². The van der Waals surface area contributed by atoms with E-state index in [2.05, 4.69) is 29.5 Å². The van der Waals surface area contributed by atoms with Gasteiger partial charge < -0.3 is 10.6 Å². The molecule has 0 aromatic rings. The highest BCUT2D eigenvalue weighted by molar-refractivity contribution is 5.93. The zero-order chi connectivity index (χ0) is 12.3. The fourth-order valence-corrected chi connectivity index (χ4v) is 1.64. The van der Waals surface area contributed by atoms with Crippen LogP contribution in [0.4, 0.5) is 0 Å². The number of nitrogens with zero attached hydrogens (tertiary/aromatic N) is 1. The molecule has 0 saturated carbocycles. The summed E-state index contributed by atoms with van der Waals surface area (Å²) >= 11 is 0. The van der Waals surface area contributed by atoms with Gasteiger partial charge in [-0.25, -0.2) is 0 Å². The Labute approximate surface area is 97.9 Å². The first kappa shape index (κ1) is 13.0. The van der Waals surface area contributed by atoms with Crippen molar-refractivity contribution in [1.82, 2.24) is 10.6 Å². The molecule has 0 aromatic carbocycles. The highest BCUT2D eigenvalue weighted by Crippen LogP contribution is 2.20. The van der Waals surface area contributed by atoms with Gasteiger partial charge in [0.15, 0.2) is 11.7 Å². The van der Waals surface area contributed by atoms with Gasteiger partial charge in [-0.15, -0.1) is 0 Å². The summed E-state index contributed by atoms with van der Waals surface area (Å²) in [6.45, 7) is 11.6. The standard InChI is InChI=1S/C12H23N3O/c1-8(2)9(10(16)12(3,4)5)15-11-13-6-7-14-11/h8-9H,6-7H2,1-5H3,(H2,13,14,15)/t9-/m1/s1. The minimum absolute atomic E-state index is 0.163. The molecule has 1 aliphatic rings. The summed E-state index contributed by atoms with van der Waals surface area (Å²) in [7, 11) is 0. The normalized spacial score (nSPS) is 18.0. The number of hydrogen-bond acceptors (Lipinski definition) is 4. The van der Waals surface area contributed by atoms with Crippen LogP contribution in [0.1, 0.15) is 34.6 Å². The Morgan fingerprint density at radius 2 is 2.06 bits per heavy atom. The molecular formula is C12H23N3O. The van der Waals surface area contributed by atoms with Crippen molar-refractivity contribution >= 4 is 11.7 Å². The monoisotopic (exact) mass is 225 g/mol. The molecule has 92 valence electrons. The molecular weight excluding hydrogens is 202 g/mol. The molecule has 0 saturated heterocycles. The highest BCUT2D eigenvalue weighted by atomic mass is 16.1. The molecule has 0 fully saturated rings.